The number of hydrogen-bond acceptors (Lipinski definition) is 3. The minimum Gasteiger partial charge on any atom is -0.407 e. The lowest BCUT2D eigenvalue weighted by Gasteiger charge is -2.43. The van der Waals surface area contributed by atoms with E-state index >= 15 is 0 Å². The van der Waals surface area contributed by atoms with E-state index in [1.807, 2.05) is 36.4 Å². The maximum absolute atomic E-state index is 12.0. The van der Waals surface area contributed by atoms with Crippen LogP contribution in [0.15, 0.2) is 73.3 Å². The largest absolute Gasteiger partial charge is 0.407 e. The Labute approximate surface area is 177 Å². The lowest BCUT2D eigenvalue weighted by molar-refractivity contribution is 0.287. The maximum atomic E-state index is 12.0. The molecule has 6 heteroatoms. The topological polar surface area (TPSA) is 69.4 Å². The molecule has 0 fully saturated rings. The molecule has 0 radical (unpaired) electrons. The summed E-state index contributed by atoms with van der Waals surface area (Å²) in [5.74, 6) is 0. The molecule has 1 atom stereocenters. The van der Waals surface area contributed by atoms with Crippen LogP contribution in [-0.4, -0.2) is 28.6 Å². The van der Waals surface area contributed by atoms with Crippen molar-refractivity contribution >= 4 is 28.7 Å². The number of hydrogen-bond donors (Lipinski definition) is 1. The van der Waals surface area contributed by atoms with E-state index in [4.69, 9.17) is 9.56 Å². The third-order valence-electron chi connectivity index (χ3n) is 5.33. The SMILES string of the molecule is C=CCC[C@H](CCO[Si](c1ccccc1)(c1ccccc1)C(C)(C)C)S(N)(=O)=O. The third-order valence-corrected chi connectivity index (χ3v) is 11.8. The monoisotopic (exact) mass is 431 g/mol. The molecule has 0 spiro atoms. The van der Waals surface area contributed by atoms with Crippen LogP contribution in [0.2, 0.25) is 5.04 Å². The quantitative estimate of drug-likeness (QED) is 0.462. The van der Waals surface area contributed by atoms with Crippen molar-refractivity contribution < 1.29 is 12.8 Å². The minimum absolute atomic E-state index is 0.145. The van der Waals surface area contributed by atoms with Gasteiger partial charge in [0.1, 0.15) is 0 Å². The van der Waals surface area contributed by atoms with E-state index < -0.39 is 23.6 Å². The van der Waals surface area contributed by atoms with Gasteiger partial charge in [0.15, 0.2) is 0 Å². The fourth-order valence-corrected chi connectivity index (χ4v) is 9.35. The number of primary sulfonamides is 1. The van der Waals surface area contributed by atoms with Gasteiger partial charge in [-0.2, -0.15) is 0 Å². The average molecular weight is 432 g/mol. The molecule has 0 bridgehead atoms. The number of nitrogens with two attached hydrogens (primary N) is 1. The van der Waals surface area contributed by atoms with Crippen molar-refractivity contribution in [1.29, 1.82) is 0 Å². The predicted molar refractivity (Wildman–Crippen MR) is 125 cm³/mol. The highest BCUT2D eigenvalue weighted by Crippen LogP contribution is 2.37. The smallest absolute Gasteiger partial charge is 0.261 e. The normalized spacial score (nSPS) is 13.8. The van der Waals surface area contributed by atoms with Crippen molar-refractivity contribution in [3.63, 3.8) is 0 Å². The first kappa shape index (κ1) is 23.5. The summed E-state index contributed by atoms with van der Waals surface area (Å²) in [5, 5.41) is 7.06. The fraction of sp³-hybridized carbons (Fsp3) is 0.391. The number of sulfonamides is 1. The van der Waals surface area contributed by atoms with Gasteiger partial charge in [-0.15, -0.1) is 6.58 Å². The van der Waals surface area contributed by atoms with Gasteiger partial charge >= 0.3 is 0 Å². The van der Waals surface area contributed by atoms with Gasteiger partial charge in [0.05, 0.1) is 5.25 Å². The molecule has 0 aliphatic heterocycles. The minimum atomic E-state index is -3.63. The summed E-state index contributed by atoms with van der Waals surface area (Å²) in [6.45, 7) is 10.6. The molecule has 0 heterocycles. The summed E-state index contributed by atoms with van der Waals surface area (Å²) < 4.78 is 30.8. The summed E-state index contributed by atoms with van der Waals surface area (Å²) >= 11 is 0. The zero-order valence-corrected chi connectivity index (χ0v) is 19.5. The second-order valence-electron chi connectivity index (χ2n) is 8.38. The zero-order chi connectivity index (χ0) is 21.5. The Morgan fingerprint density at radius 3 is 1.86 bits per heavy atom. The molecule has 0 aromatic heterocycles. The van der Waals surface area contributed by atoms with Gasteiger partial charge in [0.25, 0.3) is 8.32 Å². The van der Waals surface area contributed by atoms with Gasteiger partial charge in [-0.1, -0.05) is 87.5 Å². The van der Waals surface area contributed by atoms with Crippen LogP contribution in [0.1, 0.15) is 40.0 Å². The van der Waals surface area contributed by atoms with Crippen molar-refractivity contribution in [2.45, 2.75) is 50.3 Å². The molecule has 0 aliphatic rings. The van der Waals surface area contributed by atoms with Crippen molar-refractivity contribution in [3.05, 3.63) is 73.3 Å². The molecule has 158 valence electrons. The van der Waals surface area contributed by atoms with Crippen LogP contribution in [-0.2, 0) is 14.4 Å². The van der Waals surface area contributed by atoms with Gasteiger partial charge in [0, 0.05) is 6.61 Å². The Morgan fingerprint density at radius 1 is 1.00 bits per heavy atom. The van der Waals surface area contributed by atoms with Crippen LogP contribution < -0.4 is 15.5 Å². The molecular formula is C23H33NO3SSi. The molecule has 4 nitrogen and oxygen atoms in total. The van der Waals surface area contributed by atoms with E-state index in [0.29, 0.717) is 25.9 Å². The van der Waals surface area contributed by atoms with Crippen LogP contribution in [0.4, 0.5) is 0 Å². The van der Waals surface area contributed by atoms with E-state index in [9.17, 15) is 8.42 Å². The number of rotatable bonds is 10. The number of benzene rings is 2. The molecular weight excluding hydrogens is 398 g/mol. The van der Waals surface area contributed by atoms with E-state index in [2.05, 4.69) is 51.6 Å². The second kappa shape index (κ2) is 9.85. The van der Waals surface area contributed by atoms with Crippen LogP contribution in [0.3, 0.4) is 0 Å². The summed E-state index contributed by atoms with van der Waals surface area (Å²) in [7, 11) is -6.29. The highest BCUT2D eigenvalue weighted by atomic mass is 32.2. The fourth-order valence-electron chi connectivity index (χ4n) is 3.88. The van der Waals surface area contributed by atoms with Gasteiger partial charge in [-0.05, 0) is 34.7 Å². The molecule has 2 rings (SSSR count). The first-order chi connectivity index (χ1) is 13.6. The van der Waals surface area contributed by atoms with E-state index in [0.717, 1.165) is 0 Å². The maximum Gasteiger partial charge on any atom is 0.261 e. The van der Waals surface area contributed by atoms with Crippen LogP contribution in [0.5, 0.6) is 0 Å². The first-order valence-corrected chi connectivity index (χ1v) is 13.5. The predicted octanol–water partition coefficient (Wildman–Crippen LogP) is 3.58. The first-order valence-electron chi connectivity index (χ1n) is 10.0. The summed E-state index contributed by atoms with van der Waals surface area (Å²) in [6, 6.07) is 20.6. The second-order valence-corrected chi connectivity index (χ2v) is 14.5. The van der Waals surface area contributed by atoms with Crippen LogP contribution in [0.25, 0.3) is 0 Å². The molecule has 0 saturated heterocycles. The van der Waals surface area contributed by atoms with Crippen molar-refractivity contribution in [2.24, 2.45) is 5.14 Å². The molecule has 2 aromatic carbocycles. The molecule has 0 aliphatic carbocycles. The van der Waals surface area contributed by atoms with E-state index in [1.54, 1.807) is 6.08 Å². The summed E-state index contributed by atoms with van der Waals surface area (Å²) in [6.07, 6.45) is 3.17. The highest BCUT2D eigenvalue weighted by molar-refractivity contribution is 7.89. The summed E-state index contributed by atoms with van der Waals surface area (Å²) in [5.41, 5.74) is 0. The van der Waals surface area contributed by atoms with Crippen molar-refractivity contribution in [3.8, 4) is 0 Å². The Bertz CT molecular complexity index is 838. The molecule has 0 amide bonds. The van der Waals surface area contributed by atoms with Gasteiger partial charge in [-0.25, -0.2) is 13.6 Å². The highest BCUT2D eigenvalue weighted by Gasteiger charge is 2.50. The summed E-state index contributed by atoms with van der Waals surface area (Å²) in [4.78, 5) is 0. The average Bonchev–Trinajstić information content (AvgIpc) is 2.67. The molecule has 2 N–H and O–H groups in total. The van der Waals surface area contributed by atoms with Crippen molar-refractivity contribution in [2.75, 3.05) is 6.61 Å². The standard InChI is InChI=1S/C23H33NO3SSi/c1-5-6-13-20(28(24,25)26)18-19-27-29(23(2,3)4,21-14-9-7-10-15-21)22-16-11-8-12-17-22/h5,7-12,14-17,20H,1,6,13,18-19H2,2-4H3,(H2,24,25,26)/t20-/m1/s1. The van der Waals surface area contributed by atoms with E-state index in [-0.39, 0.29) is 5.04 Å². The Kier molecular flexibility index (Phi) is 7.99. The zero-order valence-electron chi connectivity index (χ0n) is 17.7. The molecule has 29 heavy (non-hydrogen) atoms. The van der Waals surface area contributed by atoms with Gasteiger partial charge < -0.3 is 4.43 Å². The molecule has 0 unspecified atom stereocenters. The van der Waals surface area contributed by atoms with Gasteiger partial charge in [0.2, 0.25) is 10.0 Å². The third kappa shape index (κ3) is 5.66. The van der Waals surface area contributed by atoms with E-state index in [1.165, 1.54) is 10.4 Å². The lowest BCUT2D eigenvalue weighted by atomic mass is 10.2. The Hall–Kier alpha value is -1.73. The van der Waals surface area contributed by atoms with Crippen LogP contribution in [0, 0.1) is 0 Å². The molecule has 2 aromatic rings. The Morgan fingerprint density at radius 2 is 1.48 bits per heavy atom. The van der Waals surface area contributed by atoms with Gasteiger partial charge in [-0.3, -0.25) is 0 Å². The Balaban J connectivity index is 2.42. The van der Waals surface area contributed by atoms with Crippen molar-refractivity contribution in [1.82, 2.24) is 0 Å². The molecule has 0 saturated carbocycles. The lowest BCUT2D eigenvalue weighted by Crippen LogP contribution is -2.66. The number of allylic oxidation sites excluding steroid dienone is 1. The van der Waals surface area contributed by atoms with Crippen LogP contribution >= 0.6 is 0 Å².